The highest BCUT2D eigenvalue weighted by molar-refractivity contribution is 6.31. The lowest BCUT2D eigenvalue weighted by Gasteiger charge is -1.97. The smallest absolute Gasteiger partial charge is 0.155 e. The molecule has 0 bridgehead atoms. The monoisotopic (exact) mass is 249 g/mol. The van der Waals surface area contributed by atoms with Crippen molar-refractivity contribution in [2.24, 2.45) is 0 Å². The van der Waals surface area contributed by atoms with Crippen molar-refractivity contribution >= 4 is 23.3 Å². The average molecular weight is 250 g/mol. The van der Waals surface area contributed by atoms with E-state index in [-0.39, 0.29) is 0 Å². The Bertz CT molecular complexity index is 516. The maximum Gasteiger partial charge on any atom is 0.155 e. The standard InChI is InChI=1S/C13H16ClN3/c1-2-8-15-9-5-6-11-13(14)16-12-7-3-4-10-17(11)12/h3-7,10,15H,2,8-9H2,1H3. The number of hydrogen-bond donors (Lipinski definition) is 1. The van der Waals surface area contributed by atoms with Crippen molar-refractivity contribution in [3.05, 3.63) is 41.3 Å². The Morgan fingerprint density at radius 3 is 3.18 bits per heavy atom. The fourth-order valence-corrected chi connectivity index (χ4v) is 1.91. The van der Waals surface area contributed by atoms with Crippen LogP contribution in [0.3, 0.4) is 0 Å². The van der Waals surface area contributed by atoms with Gasteiger partial charge in [0, 0.05) is 12.7 Å². The van der Waals surface area contributed by atoms with E-state index in [1.165, 1.54) is 0 Å². The summed E-state index contributed by atoms with van der Waals surface area (Å²) in [6.07, 6.45) is 7.18. The molecule has 3 nitrogen and oxygen atoms in total. The lowest BCUT2D eigenvalue weighted by atomic mass is 10.3. The van der Waals surface area contributed by atoms with Crippen molar-refractivity contribution in [3.63, 3.8) is 0 Å². The fraction of sp³-hybridized carbons (Fsp3) is 0.308. The van der Waals surface area contributed by atoms with Crippen LogP contribution in [-0.4, -0.2) is 22.5 Å². The van der Waals surface area contributed by atoms with Crippen molar-refractivity contribution in [2.45, 2.75) is 13.3 Å². The highest BCUT2D eigenvalue weighted by atomic mass is 35.5. The van der Waals surface area contributed by atoms with Crippen molar-refractivity contribution < 1.29 is 0 Å². The topological polar surface area (TPSA) is 29.3 Å². The van der Waals surface area contributed by atoms with Crippen LogP contribution in [0.2, 0.25) is 5.15 Å². The molecule has 0 aliphatic carbocycles. The summed E-state index contributed by atoms with van der Waals surface area (Å²) in [6.45, 7) is 4.04. The van der Waals surface area contributed by atoms with Gasteiger partial charge in [-0.05, 0) is 31.2 Å². The van der Waals surface area contributed by atoms with Crippen molar-refractivity contribution in [1.82, 2.24) is 14.7 Å². The van der Waals surface area contributed by atoms with E-state index in [2.05, 4.69) is 23.3 Å². The molecule has 0 saturated carbocycles. The number of hydrogen-bond acceptors (Lipinski definition) is 2. The summed E-state index contributed by atoms with van der Waals surface area (Å²) in [5, 5.41) is 3.85. The molecule has 2 aromatic rings. The first kappa shape index (κ1) is 12.1. The van der Waals surface area contributed by atoms with E-state index in [0.29, 0.717) is 5.15 Å². The second-order valence-corrected chi connectivity index (χ2v) is 4.18. The van der Waals surface area contributed by atoms with Gasteiger partial charge in [-0.2, -0.15) is 0 Å². The lowest BCUT2D eigenvalue weighted by Crippen LogP contribution is -2.13. The van der Waals surface area contributed by atoms with Crippen LogP contribution in [0.1, 0.15) is 19.0 Å². The molecule has 2 heterocycles. The molecule has 0 aliphatic heterocycles. The molecule has 0 fully saturated rings. The van der Waals surface area contributed by atoms with Gasteiger partial charge in [-0.15, -0.1) is 0 Å². The van der Waals surface area contributed by atoms with Crippen molar-refractivity contribution in [3.8, 4) is 0 Å². The summed E-state index contributed by atoms with van der Waals surface area (Å²) in [5.74, 6) is 0. The van der Waals surface area contributed by atoms with Gasteiger partial charge < -0.3 is 5.32 Å². The Morgan fingerprint density at radius 1 is 1.47 bits per heavy atom. The molecule has 0 unspecified atom stereocenters. The van der Waals surface area contributed by atoms with Crippen molar-refractivity contribution in [2.75, 3.05) is 13.1 Å². The van der Waals surface area contributed by atoms with Gasteiger partial charge in [0.2, 0.25) is 0 Å². The Labute approximate surface area is 106 Å². The minimum Gasteiger partial charge on any atom is -0.313 e. The third kappa shape index (κ3) is 2.87. The number of pyridine rings is 1. The first-order valence-electron chi connectivity index (χ1n) is 5.82. The zero-order valence-corrected chi connectivity index (χ0v) is 10.6. The Morgan fingerprint density at radius 2 is 2.35 bits per heavy atom. The van der Waals surface area contributed by atoms with Gasteiger partial charge in [0.15, 0.2) is 5.15 Å². The number of nitrogens with one attached hydrogen (secondary N) is 1. The number of nitrogens with zero attached hydrogens (tertiary/aromatic N) is 2. The lowest BCUT2D eigenvalue weighted by molar-refractivity contribution is 0.730. The molecule has 90 valence electrons. The molecule has 0 aromatic carbocycles. The summed E-state index contributed by atoms with van der Waals surface area (Å²) in [5.41, 5.74) is 1.80. The van der Waals surface area contributed by atoms with Gasteiger partial charge in [-0.3, -0.25) is 4.40 Å². The summed E-state index contributed by atoms with van der Waals surface area (Å²) in [4.78, 5) is 4.28. The molecule has 0 aliphatic rings. The summed E-state index contributed by atoms with van der Waals surface area (Å²) in [7, 11) is 0. The van der Waals surface area contributed by atoms with Gasteiger partial charge >= 0.3 is 0 Å². The van der Waals surface area contributed by atoms with Crippen LogP contribution in [0.15, 0.2) is 30.5 Å². The highest BCUT2D eigenvalue weighted by Gasteiger charge is 2.05. The molecule has 0 atom stereocenters. The number of rotatable bonds is 5. The number of fused-ring (bicyclic) bond motifs is 1. The van der Waals surface area contributed by atoms with Crippen LogP contribution < -0.4 is 5.32 Å². The predicted molar refractivity (Wildman–Crippen MR) is 72.4 cm³/mol. The van der Waals surface area contributed by atoms with E-state index in [1.807, 2.05) is 34.9 Å². The van der Waals surface area contributed by atoms with Gasteiger partial charge in [0.05, 0.1) is 5.69 Å². The molecule has 0 amide bonds. The Kier molecular flexibility index (Phi) is 4.18. The van der Waals surface area contributed by atoms with Gasteiger partial charge in [-0.1, -0.05) is 30.7 Å². The average Bonchev–Trinajstić information content (AvgIpc) is 2.65. The third-order valence-corrected chi connectivity index (χ3v) is 2.76. The number of halogens is 1. The van der Waals surface area contributed by atoms with Crippen LogP contribution in [0.4, 0.5) is 0 Å². The molecular formula is C13H16ClN3. The minimum absolute atomic E-state index is 0.544. The first-order valence-corrected chi connectivity index (χ1v) is 6.20. The second-order valence-electron chi connectivity index (χ2n) is 3.82. The second kappa shape index (κ2) is 5.84. The summed E-state index contributed by atoms with van der Waals surface area (Å²) < 4.78 is 1.98. The van der Waals surface area contributed by atoms with Crippen LogP contribution in [0, 0.1) is 0 Å². The summed E-state index contributed by atoms with van der Waals surface area (Å²) >= 11 is 6.10. The van der Waals surface area contributed by atoms with Gasteiger partial charge in [0.1, 0.15) is 5.65 Å². The normalized spacial score (nSPS) is 11.6. The van der Waals surface area contributed by atoms with E-state index in [4.69, 9.17) is 11.6 Å². The van der Waals surface area contributed by atoms with Crippen LogP contribution in [0.25, 0.3) is 11.7 Å². The van der Waals surface area contributed by atoms with E-state index >= 15 is 0 Å². The zero-order chi connectivity index (χ0) is 12.1. The van der Waals surface area contributed by atoms with E-state index in [1.54, 1.807) is 0 Å². The number of aromatic nitrogens is 2. The van der Waals surface area contributed by atoms with Gasteiger partial charge in [-0.25, -0.2) is 4.98 Å². The van der Waals surface area contributed by atoms with Crippen molar-refractivity contribution in [1.29, 1.82) is 0 Å². The molecule has 0 radical (unpaired) electrons. The Balaban J connectivity index is 2.15. The van der Waals surface area contributed by atoms with Crippen LogP contribution in [0.5, 0.6) is 0 Å². The SMILES string of the molecule is CCCNCC=Cc1c(Cl)nc2ccccn12. The minimum atomic E-state index is 0.544. The molecule has 2 aromatic heterocycles. The van der Waals surface area contributed by atoms with E-state index in [9.17, 15) is 0 Å². The number of imidazole rings is 1. The largest absolute Gasteiger partial charge is 0.313 e. The maximum absolute atomic E-state index is 6.10. The first-order chi connectivity index (χ1) is 8.33. The van der Waals surface area contributed by atoms with Crippen LogP contribution in [-0.2, 0) is 0 Å². The van der Waals surface area contributed by atoms with E-state index < -0.39 is 0 Å². The fourth-order valence-electron chi connectivity index (χ4n) is 1.67. The van der Waals surface area contributed by atoms with Gasteiger partial charge in [0.25, 0.3) is 0 Å². The third-order valence-electron chi connectivity index (χ3n) is 2.49. The maximum atomic E-state index is 6.10. The molecule has 1 N–H and O–H groups in total. The Hall–Kier alpha value is -1.32. The molecule has 17 heavy (non-hydrogen) atoms. The molecular weight excluding hydrogens is 234 g/mol. The molecule has 2 rings (SSSR count). The summed E-state index contributed by atoms with van der Waals surface area (Å²) in [6, 6.07) is 5.87. The molecule has 0 spiro atoms. The van der Waals surface area contributed by atoms with Crippen LogP contribution >= 0.6 is 11.6 Å². The predicted octanol–water partition coefficient (Wildman–Crippen LogP) is 3.00. The molecule has 4 heteroatoms. The van der Waals surface area contributed by atoms with E-state index in [0.717, 1.165) is 30.9 Å². The quantitative estimate of drug-likeness (QED) is 0.826. The highest BCUT2D eigenvalue weighted by Crippen LogP contribution is 2.18. The zero-order valence-electron chi connectivity index (χ0n) is 9.86. The molecule has 0 saturated heterocycles.